The summed E-state index contributed by atoms with van der Waals surface area (Å²) in [5.41, 5.74) is 1.32. The first-order chi connectivity index (χ1) is 7.77. The zero-order valence-electron chi connectivity index (χ0n) is 8.46. The lowest BCUT2D eigenvalue weighted by Crippen LogP contribution is -1.90. The van der Waals surface area contributed by atoms with Crippen LogP contribution in [0.15, 0.2) is 47.2 Å². The summed E-state index contributed by atoms with van der Waals surface area (Å²) in [6, 6.07) is 8.69. The molecule has 1 aromatic heterocycles. The van der Waals surface area contributed by atoms with E-state index in [1.54, 1.807) is 35.7 Å². The van der Waals surface area contributed by atoms with Crippen LogP contribution >= 0.6 is 11.3 Å². The van der Waals surface area contributed by atoms with E-state index in [1.807, 2.05) is 11.4 Å². The summed E-state index contributed by atoms with van der Waals surface area (Å²) >= 11 is 1.49. The number of thiophene rings is 1. The quantitative estimate of drug-likeness (QED) is 0.648. The molecule has 1 N–H and O–H groups in total. The van der Waals surface area contributed by atoms with Gasteiger partial charge < -0.3 is 5.11 Å². The molecular weight excluding hydrogens is 220 g/mol. The van der Waals surface area contributed by atoms with Crippen LogP contribution in [0.1, 0.15) is 15.9 Å². The summed E-state index contributed by atoms with van der Waals surface area (Å²) in [6.07, 6.45) is 3.09. The minimum Gasteiger partial charge on any atom is -0.507 e. The van der Waals surface area contributed by atoms with Gasteiger partial charge >= 0.3 is 0 Å². The fraction of sp³-hybridized carbons (Fsp3) is 0. The van der Waals surface area contributed by atoms with Crippen molar-refractivity contribution in [2.75, 3.05) is 0 Å². The van der Waals surface area contributed by atoms with E-state index in [0.717, 1.165) is 0 Å². The molecule has 0 fully saturated rings. The number of rotatable bonds is 3. The maximum absolute atomic E-state index is 11.6. The topological polar surface area (TPSA) is 37.3 Å². The van der Waals surface area contributed by atoms with Crippen molar-refractivity contribution in [2.45, 2.75) is 0 Å². The molecule has 2 nitrogen and oxygen atoms in total. The first-order valence-corrected chi connectivity index (χ1v) is 5.74. The van der Waals surface area contributed by atoms with E-state index in [-0.39, 0.29) is 11.5 Å². The molecule has 0 amide bonds. The van der Waals surface area contributed by atoms with E-state index in [9.17, 15) is 9.90 Å². The lowest BCUT2D eigenvalue weighted by molar-refractivity contribution is 0.104. The number of hydrogen-bond acceptors (Lipinski definition) is 3. The van der Waals surface area contributed by atoms with E-state index < -0.39 is 0 Å². The molecule has 3 heteroatoms. The average molecular weight is 230 g/mol. The fourth-order valence-electron chi connectivity index (χ4n) is 1.29. The molecule has 0 saturated carbocycles. The van der Waals surface area contributed by atoms with Crippen molar-refractivity contribution < 1.29 is 9.90 Å². The summed E-state index contributed by atoms with van der Waals surface area (Å²) in [5, 5.41) is 13.2. The Labute approximate surface area is 97.5 Å². The molecule has 80 valence electrons. The summed E-state index contributed by atoms with van der Waals surface area (Å²) in [4.78, 5) is 11.6. The predicted molar refractivity (Wildman–Crippen MR) is 65.8 cm³/mol. The third-order valence-electron chi connectivity index (χ3n) is 2.16. The van der Waals surface area contributed by atoms with E-state index in [1.165, 1.54) is 17.4 Å². The molecular formula is C13H10O2S. The Kier molecular flexibility index (Phi) is 3.17. The zero-order valence-corrected chi connectivity index (χ0v) is 9.28. The molecule has 0 unspecified atom stereocenters. The van der Waals surface area contributed by atoms with Crippen molar-refractivity contribution in [1.82, 2.24) is 0 Å². The molecule has 0 aliphatic heterocycles. The van der Waals surface area contributed by atoms with Crippen molar-refractivity contribution in [3.63, 3.8) is 0 Å². The van der Waals surface area contributed by atoms with Crippen LogP contribution in [0.2, 0.25) is 0 Å². The normalized spacial score (nSPS) is 10.8. The standard InChI is InChI=1S/C13H10O2S/c14-12-4-2-1-3-10(12)5-6-13(15)11-7-8-16-9-11/h1-9,14H/b6-5+. The van der Waals surface area contributed by atoms with Crippen LogP contribution in [0.25, 0.3) is 6.08 Å². The van der Waals surface area contributed by atoms with Crippen molar-refractivity contribution in [2.24, 2.45) is 0 Å². The van der Waals surface area contributed by atoms with E-state index in [2.05, 4.69) is 0 Å². The Hall–Kier alpha value is -1.87. The summed E-state index contributed by atoms with van der Waals surface area (Å²) in [7, 11) is 0. The van der Waals surface area contributed by atoms with E-state index in [4.69, 9.17) is 0 Å². The summed E-state index contributed by atoms with van der Waals surface area (Å²) in [6.45, 7) is 0. The highest BCUT2D eigenvalue weighted by molar-refractivity contribution is 7.08. The Morgan fingerprint density at radius 2 is 2.06 bits per heavy atom. The molecule has 0 bridgehead atoms. The van der Waals surface area contributed by atoms with Crippen LogP contribution in [0.4, 0.5) is 0 Å². The maximum Gasteiger partial charge on any atom is 0.186 e. The lowest BCUT2D eigenvalue weighted by Gasteiger charge is -1.96. The van der Waals surface area contributed by atoms with Gasteiger partial charge in [0.15, 0.2) is 5.78 Å². The van der Waals surface area contributed by atoms with Crippen LogP contribution in [-0.2, 0) is 0 Å². The van der Waals surface area contributed by atoms with Crippen molar-refractivity contribution in [3.8, 4) is 5.75 Å². The molecule has 1 aromatic carbocycles. The Morgan fingerprint density at radius 1 is 1.25 bits per heavy atom. The van der Waals surface area contributed by atoms with Gasteiger partial charge in [0.2, 0.25) is 0 Å². The smallest absolute Gasteiger partial charge is 0.186 e. The lowest BCUT2D eigenvalue weighted by atomic mass is 10.1. The highest BCUT2D eigenvalue weighted by Crippen LogP contribution is 2.17. The number of ketones is 1. The second-order valence-electron chi connectivity index (χ2n) is 3.27. The number of phenolic OH excluding ortho intramolecular Hbond substituents is 1. The van der Waals surface area contributed by atoms with Gasteiger partial charge in [-0.1, -0.05) is 18.2 Å². The molecule has 0 radical (unpaired) electrons. The Morgan fingerprint density at radius 3 is 2.75 bits per heavy atom. The van der Waals surface area contributed by atoms with Crippen LogP contribution in [0.5, 0.6) is 5.75 Å². The molecule has 2 aromatic rings. The van der Waals surface area contributed by atoms with Crippen molar-refractivity contribution >= 4 is 23.2 Å². The highest BCUT2D eigenvalue weighted by Gasteiger charge is 2.01. The van der Waals surface area contributed by atoms with Crippen LogP contribution in [0, 0.1) is 0 Å². The summed E-state index contributed by atoms with van der Waals surface area (Å²) in [5.74, 6) is 0.126. The predicted octanol–water partition coefficient (Wildman–Crippen LogP) is 3.35. The SMILES string of the molecule is O=C(/C=C/c1ccccc1O)c1ccsc1. The molecule has 0 spiro atoms. The monoisotopic (exact) mass is 230 g/mol. The van der Waals surface area contributed by atoms with Crippen LogP contribution in [-0.4, -0.2) is 10.9 Å². The zero-order chi connectivity index (χ0) is 11.4. The van der Waals surface area contributed by atoms with Gasteiger partial charge in [0.25, 0.3) is 0 Å². The molecule has 0 aliphatic carbocycles. The van der Waals surface area contributed by atoms with Gasteiger partial charge in [0.1, 0.15) is 5.75 Å². The third-order valence-corrected chi connectivity index (χ3v) is 2.84. The molecule has 0 atom stereocenters. The third kappa shape index (κ3) is 2.38. The second-order valence-corrected chi connectivity index (χ2v) is 4.05. The number of hydrogen-bond donors (Lipinski definition) is 1. The van der Waals surface area contributed by atoms with Gasteiger partial charge in [-0.3, -0.25) is 4.79 Å². The minimum atomic E-state index is -0.0514. The first kappa shape index (κ1) is 10.6. The van der Waals surface area contributed by atoms with Gasteiger partial charge in [-0.2, -0.15) is 11.3 Å². The second kappa shape index (κ2) is 4.77. The molecule has 0 aliphatic rings. The highest BCUT2D eigenvalue weighted by atomic mass is 32.1. The van der Waals surface area contributed by atoms with Crippen molar-refractivity contribution in [1.29, 1.82) is 0 Å². The molecule has 16 heavy (non-hydrogen) atoms. The number of phenols is 1. The van der Waals surface area contributed by atoms with Crippen molar-refractivity contribution in [3.05, 3.63) is 58.3 Å². The fourth-order valence-corrected chi connectivity index (χ4v) is 1.94. The number of aromatic hydroxyl groups is 1. The van der Waals surface area contributed by atoms with Gasteiger partial charge in [-0.25, -0.2) is 0 Å². The van der Waals surface area contributed by atoms with Gasteiger partial charge in [0, 0.05) is 16.5 Å². The summed E-state index contributed by atoms with van der Waals surface area (Å²) < 4.78 is 0. The molecule has 2 rings (SSSR count). The molecule has 0 saturated heterocycles. The largest absolute Gasteiger partial charge is 0.507 e. The number of para-hydroxylation sites is 1. The van der Waals surface area contributed by atoms with Crippen LogP contribution in [0.3, 0.4) is 0 Å². The number of carbonyl (C=O) groups is 1. The molecule has 1 heterocycles. The van der Waals surface area contributed by atoms with E-state index >= 15 is 0 Å². The van der Waals surface area contributed by atoms with Gasteiger partial charge in [0.05, 0.1) is 0 Å². The number of carbonyl (C=O) groups excluding carboxylic acids is 1. The maximum atomic E-state index is 11.6. The number of allylic oxidation sites excluding steroid dienone is 1. The average Bonchev–Trinajstić information content (AvgIpc) is 2.81. The minimum absolute atomic E-state index is 0.0514. The van der Waals surface area contributed by atoms with Gasteiger partial charge in [-0.15, -0.1) is 0 Å². The van der Waals surface area contributed by atoms with Gasteiger partial charge in [-0.05, 0) is 29.7 Å². The van der Waals surface area contributed by atoms with E-state index in [0.29, 0.717) is 11.1 Å². The first-order valence-electron chi connectivity index (χ1n) is 4.80. The Balaban J connectivity index is 2.16. The number of benzene rings is 1. The van der Waals surface area contributed by atoms with Crippen LogP contribution < -0.4 is 0 Å². The Bertz CT molecular complexity index is 512.